The van der Waals surface area contributed by atoms with Crippen LogP contribution in [0, 0.1) is 0 Å². The van der Waals surface area contributed by atoms with Gasteiger partial charge in [0.05, 0.1) is 28.0 Å². The van der Waals surface area contributed by atoms with Gasteiger partial charge in [-0.15, -0.1) is 0 Å². The van der Waals surface area contributed by atoms with Crippen LogP contribution in [0.4, 0.5) is 11.4 Å². The second kappa shape index (κ2) is 9.78. The average Bonchev–Trinajstić information content (AvgIpc) is 2.58. The third kappa shape index (κ3) is 6.50. The highest BCUT2D eigenvalue weighted by Crippen LogP contribution is 2.25. The van der Waals surface area contributed by atoms with Gasteiger partial charge < -0.3 is 10.6 Å². The molecular weight excluding hydrogens is 397 g/mol. The maximum absolute atomic E-state index is 12.0. The van der Waals surface area contributed by atoms with Gasteiger partial charge in [-0.1, -0.05) is 46.9 Å². The summed E-state index contributed by atoms with van der Waals surface area (Å²) in [6.45, 7) is 0.538. The summed E-state index contributed by atoms with van der Waals surface area (Å²) in [4.78, 5) is 25.8. The fourth-order valence-electron chi connectivity index (χ4n) is 2.17. The molecule has 0 saturated carbocycles. The van der Waals surface area contributed by atoms with Crippen LogP contribution in [0.15, 0.2) is 42.5 Å². The minimum Gasteiger partial charge on any atom is -0.325 e. The van der Waals surface area contributed by atoms with Crippen molar-refractivity contribution in [3.05, 3.63) is 57.5 Å². The maximum Gasteiger partial charge on any atom is 0.238 e. The van der Waals surface area contributed by atoms with Gasteiger partial charge in [-0.2, -0.15) is 0 Å². The SMILES string of the molecule is CN(CCC(=O)Nc1cc(Cl)ccc1Cl)CC(=O)Nc1ccccc1Cl. The van der Waals surface area contributed by atoms with Gasteiger partial charge in [0.15, 0.2) is 0 Å². The van der Waals surface area contributed by atoms with E-state index in [0.717, 1.165) is 0 Å². The number of carbonyl (C=O) groups excluding carboxylic acids is 2. The van der Waals surface area contributed by atoms with Crippen LogP contribution in [0.1, 0.15) is 6.42 Å². The number of hydrogen-bond donors (Lipinski definition) is 2. The number of amides is 2. The number of nitrogens with zero attached hydrogens (tertiary/aromatic N) is 1. The smallest absolute Gasteiger partial charge is 0.238 e. The Hall–Kier alpha value is -1.79. The summed E-state index contributed by atoms with van der Waals surface area (Å²) in [5.74, 6) is -0.425. The van der Waals surface area contributed by atoms with E-state index in [2.05, 4.69) is 10.6 Å². The molecular formula is C18H18Cl3N3O2. The molecule has 0 spiro atoms. The van der Waals surface area contributed by atoms with Crippen molar-refractivity contribution in [1.29, 1.82) is 0 Å². The first kappa shape index (κ1) is 20.5. The van der Waals surface area contributed by atoms with Crippen molar-refractivity contribution in [3.8, 4) is 0 Å². The van der Waals surface area contributed by atoms with Gasteiger partial charge in [0.1, 0.15) is 0 Å². The number of anilines is 2. The molecule has 0 heterocycles. The van der Waals surface area contributed by atoms with Crippen molar-refractivity contribution in [1.82, 2.24) is 4.90 Å². The Morgan fingerprint density at radius 3 is 2.31 bits per heavy atom. The second-order valence-electron chi connectivity index (χ2n) is 5.69. The first-order valence-corrected chi connectivity index (χ1v) is 8.96. The van der Waals surface area contributed by atoms with Crippen LogP contribution in [-0.4, -0.2) is 36.9 Å². The van der Waals surface area contributed by atoms with E-state index in [4.69, 9.17) is 34.8 Å². The summed E-state index contributed by atoms with van der Waals surface area (Å²) >= 11 is 17.9. The minimum atomic E-state index is -0.215. The van der Waals surface area contributed by atoms with Crippen molar-refractivity contribution in [2.75, 3.05) is 30.8 Å². The molecule has 5 nitrogen and oxygen atoms in total. The Labute approximate surface area is 167 Å². The number of halogens is 3. The van der Waals surface area contributed by atoms with Crippen LogP contribution < -0.4 is 10.6 Å². The molecule has 0 atom stereocenters. The Kier molecular flexibility index (Phi) is 7.72. The molecule has 0 aliphatic heterocycles. The molecule has 138 valence electrons. The number of nitrogens with one attached hydrogen (secondary N) is 2. The van der Waals surface area contributed by atoms with E-state index in [-0.39, 0.29) is 24.8 Å². The Balaban J connectivity index is 1.78. The van der Waals surface area contributed by atoms with E-state index in [0.29, 0.717) is 33.0 Å². The Morgan fingerprint density at radius 1 is 0.923 bits per heavy atom. The molecule has 8 heteroatoms. The monoisotopic (exact) mass is 413 g/mol. The summed E-state index contributed by atoms with van der Waals surface area (Å²) < 4.78 is 0. The summed E-state index contributed by atoms with van der Waals surface area (Å²) in [7, 11) is 1.76. The fourth-order valence-corrected chi connectivity index (χ4v) is 2.69. The maximum atomic E-state index is 12.0. The third-order valence-electron chi connectivity index (χ3n) is 3.48. The van der Waals surface area contributed by atoms with Gasteiger partial charge in [0.25, 0.3) is 0 Å². The molecule has 0 bridgehead atoms. The molecule has 0 fully saturated rings. The van der Waals surface area contributed by atoms with Crippen LogP contribution in [0.3, 0.4) is 0 Å². The molecule has 26 heavy (non-hydrogen) atoms. The topological polar surface area (TPSA) is 61.4 Å². The normalized spacial score (nSPS) is 10.7. The largest absolute Gasteiger partial charge is 0.325 e. The minimum absolute atomic E-state index is 0.135. The van der Waals surface area contributed by atoms with E-state index in [1.165, 1.54) is 0 Å². The van der Waals surface area contributed by atoms with Crippen LogP contribution in [0.5, 0.6) is 0 Å². The number of para-hydroxylation sites is 1. The zero-order valence-corrected chi connectivity index (χ0v) is 16.3. The molecule has 2 aromatic rings. The highest BCUT2D eigenvalue weighted by atomic mass is 35.5. The number of rotatable bonds is 7. The predicted octanol–water partition coefficient (Wildman–Crippen LogP) is 4.55. The number of benzene rings is 2. The molecule has 0 radical (unpaired) electrons. The summed E-state index contributed by atoms with van der Waals surface area (Å²) in [5, 5.41) is 6.81. The van der Waals surface area contributed by atoms with Crippen LogP contribution in [0.2, 0.25) is 15.1 Å². The molecule has 2 rings (SSSR count). The highest BCUT2D eigenvalue weighted by Gasteiger charge is 2.11. The van der Waals surface area contributed by atoms with Gasteiger partial charge in [-0.25, -0.2) is 0 Å². The lowest BCUT2D eigenvalue weighted by Gasteiger charge is -2.16. The molecule has 0 aliphatic carbocycles. The fraction of sp³-hybridized carbons (Fsp3) is 0.222. The molecule has 2 aromatic carbocycles. The Morgan fingerprint density at radius 2 is 1.58 bits per heavy atom. The van der Waals surface area contributed by atoms with E-state index in [1.807, 2.05) is 0 Å². The first-order chi connectivity index (χ1) is 12.3. The van der Waals surface area contributed by atoms with Crippen LogP contribution >= 0.6 is 34.8 Å². The van der Waals surface area contributed by atoms with Crippen LogP contribution in [0.25, 0.3) is 0 Å². The van der Waals surface area contributed by atoms with Gasteiger partial charge in [0.2, 0.25) is 11.8 Å². The van der Waals surface area contributed by atoms with Crippen molar-refractivity contribution < 1.29 is 9.59 Å². The summed E-state index contributed by atoms with van der Waals surface area (Å²) in [5.41, 5.74) is 1.02. The molecule has 2 N–H and O–H groups in total. The van der Waals surface area contributed by atoms with E-state index >= 15 is 0 Å². The molecule has 2 amide bonds. The van der Waals surface area contributed by atoms with Gasteiger partial charge in [0, 0.05) is 18.0 Å². The number of carbonyl (C=O) groups is 2. The van der Waals surface area contributed by atoms with Gasteiger partial charge in [-0.05, 0) is 37.4 Å². The molecule has 0 saturated heterocycles. The molecule has 0 aromatic heterocycles. The van der Waals surface area contributed by atoms with Crippen molar-refractivity contribution in [2.24, 2.45) is 0 Å². The number of likely N-dealkylation sites (N-methyl/N-ethyl adjacent to an activating group) is 1. The van der Waals surface area contributed by atoms with Crippen LogP contribution in [-0.2, 0) is 9.59 Å². The van der Waals surface area contributed by atoms with Gasteiger partial charge >= 0.3 is 0 Å². The third-order valence-corrected chi connectivity index (χ3v) is 4.38. The van der Waals surface area contributed by atoms with Gasteiger partial charge in [-0.3, -0.25) is 14.5 Å². The lowest BCUT2D eigenvalue weighted by Crippen LogP contribution is -2.32. The van der Waals surface area contributed by atoms with Crippen molar-refractivity contribution in [2.45, 2.75) is 6.42 Å². The Bertz CT molecular complexity index is 799. The number of hydrogen-bond acceptors (Lipinski definition) is 3. The zero-order chi connectivity index (χ0) is 19.1. The summed E-state index contributed by atoms with van der Waals surface area (Å²) in [6, 6.07) is 11.8. The first-order valence-electron chi connectivity index (χ1n) is 7.83. The average molecular weight is 415 g/mol. The lowest BCUT2D eigenvalue weighted by molar-refractivity contribution is -0.119. The second-order valence-corrected chi connectivity index (χ2v) is 6.94. The van der Waals surface area contributed by atoms with E-state index in [1.54, 1.807) is 54.4 Å². The van der Waals surface area contributed by atoms with E-state index < -0.39 is 0 Å². The van der Waals surface area contributed by atoms with Crippen molar-refractivity contribution in [3.63, 3.8) is 0 Å². The zero-order valence-electron chi connectivity index (χ0n) is 14.1. The summed E-state index contributed by atoms with van der Waals surface area (Å²) in [6.07, 6.45) is 0.207. The quantitative estimate of drug-likeness (QED) is 0.699. The lowest BCUT2D eigenvalue weighted by atomic mass is 10.3. The predicted molar refractivity (Wildman–Crippen MR) is 107 cm³/mol. The standard InChI is InChI=1S/C18H18Cl3N3O2/c1-24(11-18(26)22-15-5-3-2-4-13(15)20)9-8-17(25)23-16-10-12(19)6-7-14(16)21/h2-7,10H,8-9,11H2,1H3,(H,22,26)(H,23,25). The highest BCUT2D eigenvalue weighted by molar-refractivity contribution is 6.35. The molecule has 0 unspecified atom stereocenters. The van der Waals surface area contributed by atoms with E-state index in [9.17, 15) is 9.59 Å². The molecule has 0 aliphatic rings. The van der Waals surface area contributed by atoms with Crippen molar-refractivity contribution >= 4 is 58.0 Å².